The molecule has 1 N–H and O–H groups in total. The molecule has 1 atom stereocenters. The Hall–Kier alpha value is -2.14. The van der Waals surface area contributed by atoms with E-state index < -0.39 is 5.60 Å². The Kier molecular flexibility index (Phi) is 3.51. The van der Waals surface area contributed by atoms with Crippen LogP contribution in [0.2, 0.25) is 0 Å². The van der Waals surface area contributed by atoms with Crippen LogP contribution in [0.25, 0.3) is 11.3 Å². The Labute approximate surface area is 123 Å². The van der Waals surface area contributed by atoms with Crippen molar-refractivity contribution in [2.24, 2.45) is 0 Å². The van der Waals surface area contributed by atoms with Crippen molar-refractivity contribution in [3.8, 4) is 11.3 Å². The van der Waals surface area contributed by atoms with Crippen molar-refractivity contribution in [2.75, 3.05) is 13.1 Å². The molecule has 2 aromatic rings. The second kappa shape index (κ2) is 5.33. The van der Waals surface area contributed by atoms with E-state index in [2.05, 4.69) is 5.16 Å². The first-order valence-corrected chi connectivity index (χ1v) is 7.09. The molecule has 1 aromatic carbocycles. The van der Waals surface area contributed by atoms with E-state index in [1.54, 1.807) is 17.9 Å². The van der Waals surface area contributed by atoms with E-state index in [-0.39, 0.29) is 11.7 Å². The molecule has 21 heavy (non-hydrogen) atoms. The minimum absolute atomic E-state index is 0.214. The van der Waals surface area contributed by atoms with Crippen molar-refractivity contribution in [3.63, 3.8) is 0 Å². The van der Waals surface area contributed by atoms with Crippen LogP contribution in [0.1, 0.15) is 30.3 Å². The number of piperidine rings is 1. The van der Waals surface area contributed by atoms with Crippen molar-refractivity contribution >= 4 is 5.91 Å². The van der Waals surface area contributed by atoms with Gasteiger partial charge in [0.25, 0.3) is 5.91 Å². The highest BCUT2D eigenvalue weighted by molar-refractivity contribution is 5.92. The van der Waals surface area contributed by atoms with E-state index in [1.807, 2.05) is 30.3 Å². The normalized spacial score (nSPS) is 22.3. The van der Waals surface area contributed by atoms with Crippen LogP contribution in [0.3, 0.4) is 0 Å². The molecular formula is C16H18N2O3. The van der Waals surface area contributed by atoms with Crippen LogP contribution < -0.4 is 0 Å². The molecule has 1 aliphatic heterocycles. The quantitative estimate of drug-likeness (QED) is 0.920. The average Bonchev–Trinajstić information content (AvgIpc) is 2.96. The van der Waals surface area contributed by atoms with Gasteiger partial charge in [-0.05, 0) is 19.8 Å². The Bertz CT molecular complexity index is 634. The molecule has 1 unspecified atom stereocenters. The smallest absolute Gasteiger partial charge is 0.292 e. The number of benzene rings is 1. The standard InChI is InChI=1S/C16H18N2O3/c1-16(20)8-5-9-18(11-16)15(19)14-10-13(17-21-14)12-6-3-2-4-7-12/h2-4,6-7,10,20H,5,8-9,11H2,1H3. The molecule has 1 aliphatic rings. The van der Waals surface area contributed by atoms with E-state index in [0.717, 1.165) is 12.0 Å². The van der Waals surface area contributed by atoms with Gasteiger partial charge in [-0.25, -0.2) is 0 Å². The lowest BCUT2D eigenvalue weighted by atomic mass is 9.95. The third-order valence-electron chi connectivity index (χ3n) is 3.75. The molecule has 5 nitrogen and oxygen atoms in total. The number of rotatable bonds is 2. The summed E-state index contributed by atoms with van der Waals surface area (Å²) >= 11 is 0. The van der Waals surface area contributed by atoms with Crippen molar-refractivity contribution in [2.45, 2.75) is 25.4 Å². The topological polar surface area (TPSA) is 66.6 Å². The first-order valence-electron chi connectivity index (χ1n) is 7.09. The van der Waals surface area contributed by atoms with Gasteiger partial charge in [0.2, 0.25) is 5.76 Å². The molecule has 1 amide bonds. The van der Waals surface area contributed by atoms with Crippen LogP contribution in [0, 0.1) is 0 Å². The van der Waals surface area contributed by atoms with Crippen LogP contribution in [0.15, 0.2) is 40.9 Å². The van der Waals surface area contributed by atoms with Gasteiger partial charge in [0.15, 0.2) is 0 Å². The van der Waals surface area contributed by atoms with Gasteiger partial charge in [-0.3, -0.25) is 4.79 Å². The monoisotopic (exact) mass is 286 g/mol. The molecule has 1 saturated heterocycles. The van der Waals surface area contributed by atoms with Gasteiger partial charge in [-0.15, -0.1) is 0 Å². The van der Waals surface area contributed by atoms with Crippen LogP contribution in [-0.2, 0) is 0 Å². The van der Waals surface area contributed by atoms with Crippen LogP contribution in [-0.4, -0.2) is 39.8 Å². The van der Waals surface area contributed by atoms with Crippen LogP contribution in [0.4, 0.5) is 0 Å². The average molecular weight is 286 g/mol. The van der Waals surface area contributed by atoms with Gasteiger partial charge < -0.3 is 14.5 Å². The van der Waals surface area contributed by atoms with Crippen molar-refractivity contribution in [3.05, 3.63) is 42.2 Å². The zero-order valence-electron chi connectivity index (χ0n) is 12.0. The fourth-order valence-corrected chi connectivity index (χ4v) is 2.67. The van der Waals surface area contributed by atoms with Gasteiger partial charge in [0.05, 0.1) is 5.60 Å². The van der Waals surface area contributed by atoms with Gasteiger partial charge >= 0.3 is 0 Å². The molecule has 2 heterocycles. The molecule has 0 radical (unpaired) electrons. The van der Waals surface area contributed by atoms with E-state index in [4.69, 9.17) is 4.52 Å². The van der Waals surface area contributed by atoms with Crippen molar-refractivity contribution in [1.82, 2.24) is 10.1 Å². The molecule has 3 rings (SSSR count). The highest BCUT2D eigenvalue weighted by atomic mass is 16.5. The van der Waals surface area contributed by atoms with Gasteiger partial charge in [-0.1, -0.05) is 35.5 Å². The van der Waals surface area contributed by atoms with Gasteiger partial charge in [0, 0.05) is 24.7 Å². The summed E-state index contributed by atoms with van der Waals surface area (Å²) < 4.78 is 5.18. The van der Waals surface area contributed by atoms with E-state index in [0.29, 0.717) is 25.2 Å². The highest BCUT2D eigenvalue weighted by Gasteiger charge is 2.32. The zero-order valence-corrected chi connectivity index (χ0v) is 12.0. The number of β-amino-alcohol motifs (C(OH)–C–C–N with tert-alkyl or cyclic N) is 1. The summed E-state index contributed by atoms with van der Waals surface area (Å²) in [5, 5.41) is 14.0. The predicted octanol–water partition coefficient (Wildman–Crippen LogP) is 2.33. The maximum absolute atomic E-state index is 12.4. The fraction of sp³-hybridized carbons (Fsp3) is 0.375. The van der Waals surface area contributed by atoms with E-state index >= 15 is 0 Å². The second-order valence-corrected chi connectivity index (χ2v) is 5.77. The highest BCUT2D eigenvalue weighted by Crippen LogP contribution is 2.24. The van der Waals surface area contributed by atoms with Crippen LogP contribution in [0.5, 0.6) is 0 Å². The summed E-state index contributed by atoms with van der Waals surface area (Å²) in [6.45, 7) is 2.71. The number of aromatic nitrogens is 1. The second-order valence-electron chi connectivity index (χ2n) is 5.77. The lowest BCUT2D eigenvalue weighted by Gasteiger charge is -2.36. The fourth-order valence-electron chi connectivity index (χ4n) is 2.67. The number of amides is 1. The molecule has 110 valence electrons. The maximum Gasteiger partial charge on any atom is 0.292 e. The molecule has 0 bridgehead atoms. The SMILES string of the molecule is CC1(O)CCCN(C(=O)c2cc(-c3ccccc3)no2)C1. The first kappa shape index (κ1) is 13.8. The number of nitrogens with zero attached hydrogens (tertiary/aromatic N) is 2. The summed E-state index contributed by atoms with van der Waals surface area (Å²) in [7, 11) is 0. The number of hydrogen-bond donors (Lipinski definition) is 1. The Balaban J connectivity index is 1.78. The number of aliphatic hydroxyl groups is 1. The van der Waals surface area contributed by atoms with E-state index in [1.165, 1.54) is 0 Å². The Morgan fingerprint density at radius 3 is 2.86 bits per heavy atom. The van der Waals surface area contributed by atoms with Gasteiger partial charge in [0.1, 0.15) is 5.69 Å². The Morgan fingerprint density at radius 2 is 2.14 bits per heavy atom. The lowest BCUT2D eigenvalue weighted by molar-refractivity contribution is -0.0119. The van der Waals surface area contributed by atoms with Crippen molar-refractivity contribution in [1.29, 1.82) is 0 Å². The third-order valence-corrected chi connectivity index (χ3v) is 3.75. The molecule has 5 heteroatoms. The molecule has 0 aliphatic carbocycles. The first-order chi connectivity index (χ1) is 10.1. The molecule has 1 fully saturated rings. The molecule has 0 spiro atoms. The predicted molar refractivity (Wildman–Crippen MR) is 77.7 cm³/mol. The number of carbonyl (C=O) groups is 1. The number of carbonyl (C=O) groups excluding carboxylic acids is 1. The summed E-state index contributed by atoms with van der Waals surface area (Å²) in [6, 6.07) is 11.2. The number of hydrogen-bond acceptors (Lipinski definition) is 4. The summed E-state index contributed by atoms with van der Waals surface area (Å²) in [5.41, 5.74) is 0.726. The molecule has 1 aromatic heterocycles. The number of likely N-dealkylation sites (tertiary alicyclic amines) is 1. The zero-order chi connectivity index (χ0) is 14.9. The molecular weight excluding hydrogens is 268 g/mol. The lowest BCUT2D eigenvalue weighted by Crippen LogP contribution is -2.48. The van der Waals surface area contributed by atoms with Crippen molar-refractivity contribution < 1.29 is 14.4 Å². The maximum atomic E-state index is 12.4. The minimum atomic E-state index is -0.823. The third kappa shape index (κ3) is 2.97. The summed E-state index contributed by atoms with van der Waals surface area (Å²) in [4.78, 5) is 14.0. The summed E-state index contributed by atoms with van der Waals surface area (Å²) in [6.07, 6.45) is 1.50. The molecule has 0 saturated carbocycles. The van der Waals surface area contributed by atoms with Gasteiger partial charge in [-0.2, -0.15) is 0 Å². The minimum Gasteiger partial charge on any atom is -0.388 e. The van der Waals surface area contributed by atoms with E-state index in [9.17, 15) is 9.90 Å². The Morgan fingerprint density at radius 1 is 1.38 bits per heavy atom. The van der Waals surface area contributed by atoms with Crippen LogP contribution >= 0.6 is 0 Å². The summed E-state index contributed by atoms with van der Waals surface area (Å²) in [5.74, 6) is -0.00351. The largest absolute Gasteiger partial charge is 0.388 e.